The molecular formula is C19H26FN3O. The molecule has 1 fully saturated rings. The van der Waals surface area contributed by atoms with Crippen molar-refractivity contribution in [3.8, 4) is 0 Å². The van der Waals surface area contributed by atoms with Gasteiger partial charge in [0.15, 0.2) is 0 Å². The number of halogens is 1. The van der Waals surface area contributed by atoms with Crippen molar-refractivity contribution in [2.75, 3.05) is 13.2 Å². The van der Waals surface area contributed by atoms with Gasteiger partial charge in [-0.15, -0.1) is 0 Å². The first-order valence-electron chi connectivity index (χ1n) is 8.54. The van der Waals surface area contributed by atoms with Crippen LogP contribution in [0, 0.1) is 32.5 Å². The zero-order valence-electron chi connectivity index (χ0n) is 14.9. The Morgan fingerprint density at radius 2 is 2.12 bits per heavy atom. The second-order valence-electron chi connectivity index (χ2n) is 6.76. The monoisotopic (exact) mass is 331 g/mol. The van der Waals surface area contributed by atoms with Crippen molar-refractivity contribution in [2.24, 2.45) is 13.0 Å². The third kappa shape index (κ3) is 3.37. The van der Waals surface area contributed by atoms with Gasteiger partial charge in [-0.2, -0.15) is 5.10 Å². The Hall–Kier alpha value is -1.72. The van der Waals surface area contributed by atoms with Crippen molar-refractivity contribution in [1.82, 2.24) is 15.1 Å². The molecule has 0 spiro atoms. The van der Waals surface area contributed by atoms with Crippen LogP contribution in [0.5, 0.6) is 0 Å². The molecule has 3 rings (SSSR count). The van der Waals surface area contributed by atoms with E-state index in [-0.39, 0.29) is 11.9 Å². The number of aromatic nitrogens is 2. The van der Waals surface area contributed by atoms with Gasteiger partial charge in [-0.25, -0.2) is 4.39 Å². The number of nitrogens with one attached hydrogen (secondary N) is 1. The average Bonchev–Trinajstić information content (AvgIpc) is 3.08. The molecule has 0 radical (unpaired) electrons. The van der Waals surface area contributed by atoms with Crippen molar-refractivity contribution < 1.29 is 9.13 Å². The fraction of sp³-hybridized carbons (Fsp3) is 0.526. The number of hydrogen-bond acceptors (Lipinski definition) is 3. The highest BCUT2D eigenvalue weighted by atomic mass is 19.1. The molecular weight excluding hydrogens is 305 g/mol. The fourth-order valence-corrected chi connectivity index (χ4v) is 3.51. The van der Waals surface area contributed by atoms with Crippen LogP contribution in [0.25, 0.3) is 0 Å². The summed E-state index contributed by atoms with van der Waals surface area (Å²) in [5.41, 5.74) is 5.11. The van der Waals surface area contributed by atoms with Crippen LogP contribution in [-0.2, 0) is 18.3 Å². The van der Waals surface area contributed by atoms with Crippen LogP contribution in [0.4, 0.5) is 4.39 Å². The van der Waals surface area contributed by atoms with E-state index in [0.29, 0.717) is 18.0 Å². The molecule has 2 aromatic rings. The minimum absolute atomic E-state index is 0.0981. The highest BCUT2D eigenvalue weighted by molar-refractivity contribution is 5.28. The first-order chi connectivity index (χ1) is 11.5. The summed E-state index contributed by atoms with van der Waals surface area (Å²) in [5.74, 6) is 0.278. The minimum Gasteiger partial charge on any atom is -0.373 e. The summed E-state index contributed by atoms with van der Waals surface area (Å²) in [4.78, 5) is 0. The van der Waals surface area contributed by atoms with E-state index < -0.39 is 0 Å². The van der Waals surface area contributed by atoms with Gasteiger partial charge >= 0.3 is 0 Å². The lowest BCUT2D eigenvalue weighted by Crippen LogP contribution is -2.25. The maximum atomic E-state index is 13.6. The Morgan fingerprint density at radius 1 is 1.33 bits per heavy atom. The number of aryl methyl sites for hydroxylation is 3. The van der Waals surface area contributed by atoms with E-state index in [2.05, 4.69) is 17.3 Å². The fourth-order valence-electron chi connectivity index (χ4n) is 3.51. The highest BCUT2D eigenvalue weighted by Gasteiger charge is 2.33. The van der Waals surface area contributed by atoms with E-state index in [9.17, 15) is 4.39 Å². The van der Waals surface area contributed by atoms with E-state index in [1.165, 1.54) is 11.3 Å². The molecule has 0 unspecified atom stereocenters. The summed E-state index contributed by atoms with van der Waals surface area (Å²) in [6.07, 6.45) is 1.13. The van der Waals surface area contributed by atoms with Gasteiger partial charge in [-0.3, -0.25) is 4.68 Å². The van der Waals surface area contributed by atoms with Gasteiger partial charge in [0.25, 0.3) is 0 Å². The molecule has 1 N–H and O–H groups in total. The van der Waals surface area contributed by atoms with E-state index in [1.54, 1.807) is 13.0 Å². The molecule has 1 aliphatic heterocycles. The molecule has 0 saturated carbocycles. The third-order valence-electron chi connectivity index (χ3n) is 5.04. The summed E-state index contributed by atoms with van der Waals surface area (Å²) in [7, 11) is 1.97. The topological polar surface area (TPSA) is 39.1 Å². The van der Waals surface area contributed by atoms with Gasteiger partial charge in [0, 0.05) is 43.9 Å². The molecule has 0 amide bonds. The number of ether oxygens (including phenoxy) is 1. The summed E-state index contributed by atoms with van der Waals surface area (Å²) in [5, 5.41) is 7.97. The van der Waals surface area contributed by atoms with E-state index >= 15 is 0 Å². The van der Waals surface area contributed by atoms with Crippen LogP contribution in [0.15, 0.2) is 18.2 Å². The lowest BCUT2D eigenvalue weighted by molar-refractivity contribution is 0.0893. The first kappa shape index (κ1) is 17.1. The smallest absolute Gasteiger partial charge is 0.126 e. The number of rotatable bonds is 5. The Morgan fingerprint density at radius 3 is 2.79 bits per heavy atom. The summed E-state index contributed by atoms with van der Waals surface area (Å²) in [6, 6.07) is 5.42. The molecule has 4 nitrogen and oxygen atoms in total. The summed E-state index contributed by atoms with van der Waals surface area (Å²) < 4.78 is 21.6. The molecule has 2 heterocycles. The van der Waals surface area contributed by atoms with Gasteiger partial charge in [0.2, 0.25) is 0 Å². The highest BCUT2D eigenvalue weighted by Crippen LogP contribution is 2.37. The predicted octanol–water partition coefficient (Wildman–Crippen LogP) is 3.35. The Bertz CT molecular complexity index is 726. The predicted molar refractivity (Wildman–Crippen MR) is 92.3 cm³/mol. The molecule has 1 aromatic heterocycles. The SMILES string of the molecule is Cc1ccc(CNC[C@@H]2CCO[C@H]2c2c(C)nn(C)c2C)cc1F. The standard InChI is InChI=1S/C19H26FN3O/c1-12-5-6-15(9-17(12)20)10-21-11-16-7-8-24-19(16)18-13(2)22-23(4)14(18)3/h5-6,9,16,19,21H,7-8,10-11H2,1-4H3/t16-,19+/m0/s1. The quantitative estimate of drug-likeness (QED) is 0.913. The molecule has 130 valence electrons. The molecule has 1 saturated heterocycles. The van der Waals surface area contributed by atoms with E-state index in [0.717, 1.165) is 30.8 Å². The van der Waals surface area contributed by atoms with Crippen LogP contribution in [-0.4, -0.2) is 22.9 Å². The lowest BCUT2D eigenvalue weighted by atomic mass is 9.94. The van der Waals surface area contributed by atoms with E-state index in [4.69, 9.17) is 4.74 Å². The average molecular weight is 331 g/mol. The molecule has 24 heavy (non-hydrogen) atoms. The normalized spacial score (nSPS) is 20.7. The third-order valence-corrected chi connectivity index (χ3v) is 5.04. The molecule has 1 aliphatic rings. The minimum atomic E-state index is -0.141. The Balaban J connectivity index is 1.63. The number of hydrogen-bond donors (Lipinski definition) is 1. The maximum absolute atomic E-state index is 13.6. The lowest BCUT2D eigenvalue weighted by Gasteiger charge is -2.20. The van der Waals surface area contributed by atoms with Crippen molar-refractivity contribution in [1.29, 1.82) is 0 Å². The van der Waals surface area contributed by atoms with Crippen molar-refractivity contribution in [3.05, 3.63) is 52.1 Å². The summed E-state index contributed by atoms with van der Waals surface area (Å²) >= 11 is 0. The second kappa shape index (κ2) is 7.03. The van der Waals surface area contributed by atoms with Crippen LogP contribution < -0.4 is 5.32 Å². The van der Waals surface area contributed by atoms with Crippen molar-refractivity contribution in [2.45, 2.75) is 39.8 Å². The molecule has 5 heteroatoms. The van der Waals surface area contributed by atoms with Crippen molar-refractivity contribution >= 4 is 0 Å². The van der Waals surface area contributed by atoms with Crippen LogP contribution >= 0.6 is 0 Å². The zero-order valence-corrected chi connectivity index (χ0v) is 14.9. The Labute approximate surface area is 143 Å². The molecule has 0 bridgehead atoms. The zero-order chi connectivity index (χ0) is 17.3. The van der Waals surface area contributed by atoms with Crippen LogP contribution in [0.2, 0.25) is 0 Å². The van der Waals surface area contributed by atoms with Crippen LogP contribution in [0.3, 0.4) is 0 Å². The van der Waals surface area contributed by atoms with Gasteiger partial charge in [-0.05, 0) is 44.4 Å². The Kier molecular flexibility index (Phi) is 5.01. The molecule has 0 aliphatic carbocycles. The van der Waals surface area contributed by atoms with Gasteiger partial charge < -0.3 is 10.1 Å². The first-order valence-corrected chi connectivity index (χ1v) is 8.54. The largest absolute Gasteiger partial charge is 0.373 e. The molecule has 1 aromatic carbocycles. The second-order valence-corrected chi connectivity index (χ2v) is 6.76. The van der Waals surface area contributed by atoms with Gasteiger partial charge in [0.1, 0.15) is 5.82 Å². The van der Waals surface area contributed by atoms with Crippen LogP contribution in [0.1, 0.15) is 40.6 Å². The van der Waals surface area contributed by atoms with Crippen molar-refractivity contribution in [3.63, 3.8) is 0 Å². The van der Waals surface area contributed by atoms with Gasteiger partial charge in [-0.1, -0.05) is 12.1 Å². The summed E-state index contributed by atoms with van der Waals surface area (Å²) in [6.45, 7) is 8.23. The van der Waals surface area contributed by atoms with Gasteiger partial charge in [0.05, 0.1) is 11.8 Å². The number of nitrogens with zero attached hydrogens (tertiary/aromatic N) is 2. The molecule has 2 atom stereocenters. The van der Waals surface area contributed by atoms with E-state index in [1.807, 2.05) is 30.8 Å². The number of benzene rings is 1. The maximum Gasteiger partial charge on any atom is 0.126 e.